The number of nitrogens with one attached hydrogen (secondary N) is 1. The van der Waals surface area contributed by atoms with E-state index in [0.717, 1.165) is 12.2 Å². The highest BCUT2D eigenvalue weighted by Crippen LogP contribution is 2.30. The first kappa shape index (κ1) is 11.4. The molecule has 0 bridgehead atoms. The number of halogens is 1. The van der Waals surface area contributed by atoms with E-state index >= 15 is 0 Å². The van der Waals surface area contributed by atoms with Crippen LogP contribution in [0.3, 0.4) is 0 Å². The first-order valence-electron chi connectivity index (χ1n) is 5.32. The molecule has 1 saturated carbocycles. The summed E-state index contributed by atoms with van der Waals surface area (Å²) in [6, 6.07) is 0. The molecule has 16 heavy (non-hydrogen) atoms. The fourth-order valence-electron chi connectivity index (χ4n) is 1.45. The molecule has 2 rings (SSSR count). The van der Waals surface area contributed by atoms with Gasteiger partial charge < -0.3 is 5.32 Å². The highest BCUT2D eigenvalue weighted by atomic mass is 79.9. The summed E-state index contributed by atoms with van der Waals surface area (Å²) in [5.41, 5.74) is 0.651. The Bertz CT molecular complexity index is 451. The molecular weight excluding hydrogens is 270 g/mol. The van der Waals surface area contributed by atoms with Gasteiger partial charge in [-0.25, -0.2) is 4.68 Å². The zero-order valence-electron chi connectivity index (χ0n) is 8.95. The van der Waals surface area contributed by atoms with Gasteiger partial charge in [0, 0.05) is 13.1 Å². The highest BCUT2D eigenvalue weighted by Gasteiger charge is 2.23. The summed E-state index contributed by atoms with van der Waals surface area (Å²) in [6.07, 6.45) is 5.84. The molecule has 0 spiro atoms. The van der Waals surface area contributed by atoms with Crippen LogP contribution in [0.5, 0.6) is 0 Å². The van der Waals surface area contributed by atoms with E-state index in [4.69, 9.17) is 0 Å². The fraction of sp³-hybridized carbons (Fsp3) is 0.455. The number of anilines is 1. The molecule has 0 saturated heterocycles. The quantitative estimate of drug-likeness (QED) is 0.841. The molecule has 86 valence electrons. The van der Waals surface area contributed by atoms with Gasteiger partial charge in [-0.1, -0.05) is 6.08 Å². The molecule has 0 aliphatic heterocycles. The molecule has 0 aromatic carbocycles. The molecule has 1 N–H and O–H groups in total. The van der Waals surface area contributed by atoms with Gasteiger partial charge in [0.25, 0.3) is 5.56 Å². The van der Waals surface area contributed by atoms with Crippen molar-refractivity contribution in [3.05, 3.63) is 33.7 Å². The first-order valence-corrected chi connectivity index (χ1v) is 6.12. The third-order valence-electron chi connectivity index (χ3n) is 2.55. The standard InChI is InChI=1S/C11H14BrN3O/c1-2-5-13-9-6-14-15(7-8-3-4-8)11(16)10(9)12/h2,6,8,13H,1,3-5,7H2. The van der Waals surface area contributed by atoms with Gasteiger partial charge in [0.1, 0.15) is 4.47 Å². The minimum Gasteiger partial charge on any atom is -0.379 e. The van der Waals surface area contributed by atoms with Gasteiger partial charge in [0.2, 0.25) is 0 Å². The van der Waals surface area contributed by atoms with Crippen molar-refractivity contribution in [2.24, 2.45) is 5.92 Å². The predicted molar refractivity (Wildman–Crippen MR) is 67.6 cm³/mol. The van der Waals surface area contributed by atoms with Gasteiger partial charge in [0.15, 0.2) is 0 Å². The van der Waals surface area contributed by atoms with Crippen LogP contribution in [0.15, 0.2) is 28.1 Å². The van der Waals surface area contributed by atoms with E-state index in [1.54, 1.807) is 12.3 Å². The van der Waals surface area contributed by atoms with Crippen LogP contribution in [-0.2, 0) is 6.54 Å². The first-order chi connectivity index (χ1) is 7.72. The van der Waals surface area contributed by atoms with Gasteiger partial charge in [-0.15, -0.1) is 6.58 Å². The lowest BCUT2D eigenvalue weighted by atomic mass is 10.4. The maximum atomic E-state index is 11.9. The van der Waals surface area contributed by atoms with Gasteiger partial charge >= 0.3 is 0 Å². The van der Waals surface area contributed by atoms with Crippen molar-refractivity contribution in [1.29, 1.82) is 0 Å². The molecule has 1 aromatic rings. The Morgan fingerprint density at radius 2 is 2.44 bits per heavy atom. The summed E-state index contributed by atoms with van der Waals surface area (Å²) < 4.78 is 2.07. The average molecular weight is 284 g/mol. The second-order valence-electron chi connectivity index (χ2n) is 3.97. The molecule has 0 unspecified atom stereocenters. The second-order valence-corrected chi connectivity index (χ2v) is 4.77. The minimum atomic E-state index is -0.0686. The van der Waals surface area contributed by atoms with E-state index in [9.17, 15) is 4.79 Å². The van der Waals surface area contributed by atoms with Crippen molar-refractivity contribution in [2.75, 3.05) is 11.9 Å². The number of hydrogen-bond acceptors (Lipinski definition) is 3. The van der Waals surface area contributed by atoms with Crippen molar-refractivity contribution in [3.63, 3.8) is 0 Å². The SMILES string of the molecule is C=CCNc1cnn(CC2CC2)c(=O)c1Br. The molecule has 1 fully saturated rings. The molecule has 0 radical (unpaired) electrons. The highest BCUT2D eigenvalue weighted by molar-refractivity contribution is 9.10. The molecule has 1 heterocycles. The summed E-state index contributed by atoms with van der Waals surface area (Å²) in [4.78, 5) is 11.9. The van der Waals surface area contributed by atoms with Crippen LogP contribution in [0.1, 0.15) is 12.8 Å². The Morgan fingerprint density at radius 1 is 1.69 bits per heavy atom. The van der Waals surface area contributed by atoms with Crippen LogP contribution in [0.2, 0.25) is 0 Å². The van der Waals surface area contributed by atoms with E-state index in [-0.39, 0.29) is 5.56 Å². The van der Waals surface area contributed by atoms with Crippen LogP contribution in [0.4, 0.5) is 5.69 Å². The molecule has 1 aliphatic carbocycles. The number of hydrogen-bond donors (Lipinski definition) is 1. The van der Waals surface area contributed by atoms with Crippen molar-refractivity contribution < 1.29 is 0 Å². The second kappa shape index (κ2) is 4.82. The molecule has 5 heteroatoms. The lowest BCUT2D eigenvalue weighted by Gasteiger charge is -2.08. The van der Waals surface area contributed by atoms with Gasteiger partial charge in [-0.05, 0) is 34.7 Å². The largest absolute Gasteiger partial charge is 0.379 e. The Hall–Kier alpha value is -1.10. The van der Waals surface area contributed by atoms with Crippen LogP contribution in [0, 0.1) is 5.92 Å². The normalized spacial score (nSPS) is 14.8. The van der Waals surface area contributed by atoms with Crippen molar-refractivity contribution >= 4 is 21.6 Å². The number of rotatable bonds is 5. The van der Waals surface area contributed by atoms with Crippen LogP contribution in [0.25, 0.3) is 0 Å². The van der Waals surface area contributed by atoms with Gasteiger partial charge in [0.05, 0.1) is 11.9 Å². The zero-order valence-corrected chi connectivity index (χ0v) is 10.5. The summed E-state index contributed by atoms with van der Waals surface area (Å²) in [5.74, 6) is 0.643. The Morgan fingerprint density at radius 3 is 3.06 bits per heavy atom. The summed E-state index contributed by atoms with van der Waals surface area (Å²) in [6.45, 7) is 4.96. The van der Waals surface area contributed by atoms with Crippen molar-refractivity contribution in [3.8, 4) is 0 Å². The van der Waals surface area contributed by atoms with E-state index in [1.807, 2.05) is 0 Å². The van der Waals surface area contributed by atoms with Crippen LogP contribution in [-0.4, -0.2) is 16.3 Å². The number of nitrogens with zero attached hydrogens (tertiary/aromatic N) is 2. The number of aromatic nitrogens is 2. The maximum absolute atomic E-state index is 11.9. The van der Waals surface area contributed by atoms with Crippen LogP contribution < -0.4 is 10.9 Å². The van der Waals surface area contributed by atoms with Crippen LogP contribution >= 0.6 is 15.9 Å². The topological polar surface area (TPSA) is 46.9 Å². The molecule has 0 amide bonds. The van der Waals surface area contributed by atoms with E-state index < -0.39 is 0 Å². The third-order valence-corrected chi connectivity index (χ3v) is 3.32. The minimum absolute atomic E-state index is 0.0686. The Kier molecular flexibility index (Phi) is 3.43. The zero-order chi connectivity index (χ0) is 11.5. The van der Waals surface area contributed by atoms with Crippen molar-refractivity contribution in [1.82, 2.24) is 9.78 Å². The lowest BCUT2D eigenvalue weighted by molar-refractivity contribution is 0.532. The lowest BCUT2D eigenvalue weighted by Crippen LogP contribution is -2.25. The van der Waals surface area contributed by atoms with E-state index in [2.05, 4.69) is 32.9 Å². The maximum Gasteiger partial charge on any atom is 0.283 e. The summed E-state index contributed by atoms with van der Waals surface area (Å²) in [7, 11) is 0. The van der Waals surface area contributed by atoms with Gasteiger partial charge in [-0.3, -0.25) is 4.79 Å². The molecule has 4 nitrogen and oxygen atoms in total. The fourth-order valence-corrected chi connectivity index (χ4v) is 1.89. The molecule has 1 aliphatic rings. The molecule has 0 atom stereocenters. The molecular formula is C11H14BrN3O. The third kappa shape index (κ3) is 2.52. The van der Waals surface area contributed by atoms with E-state index in [1.165, 1.54) is 17.5 Å². The van der Waals surface area contributed by atoms with E-state index in [0.29, 0.717) is 16.9 Å². The Labute approximate surface area is 102 Å². The summed E-state index contributed by atoms with van der Waals surface area (Å²) >= 11 is 3.30. The molecule has 1 aromatic heterocycles. The van der Waals surface area contributed by atoms with Crippen molar-refractivity contribution in [2.45, 2.75) is 19.4 Å². The monoisotopic (exact) mass is 283 g/mol. The summed E-state index contributed by atoms with van der Waals surface area (Å²) in [5, 5.41) is 7.21. The predicted octanol–water partition coefficient (Wildman–Crippen LogP) is 2.01. The Balaban J connectivity index is 2.20. The smallest absolute Gasteiger partial charge is 0.283 e. The average Bonchev–Trinajstić information content (AvgIpc) is 3.08. The van der Waals surface area contributed by atoms with Gasteiger partial charge in [-0.2, -0.15) is 5.10 Å².